The molecule has 0 radical (unpaired) electrons. The number of hydrogen-bond acceptors (Lipinski definition) is 5. The second-order valence-corrected chi connectivity index (χ2v) is 6.76. The van der Waals surface area contributed by atoms with E-state index in [4.69, 9.17) is 4.74 Å². The third-order valence-electron chi connectivity index (χ3n) is 4.73. The van der Waals surface area contributed by atoms with Crippen molar-refractivity contribution in [2.24, 2.45) is 0 Å². The van der Waals surface area contributed by atoms with Gasteiger partial charge in [0, 0.05) is 30.4 Å². The van der Waals surface area contributed by atoms with E-state index in [0.29, 0.717) is 13.1 Å². The standard InChI is InChI=1S/C21H23F2N3O4/c1-29-18-11-14(7-8-17(18)30-21(22)23)20(28)24-12-19(27)26-10-9-16(13-26)25-15-5-3-2-4-6-15/h2-8,11,16,21,25H,9-10,12-13H2,1H3,(H,24,28). The summed E-state index contributed by atoms with van der Waals surface area (Å²) >= 11 is 0. The third kappa shape index (κ3) is 5.59. The van der Waals surface area contributed by atoms with Crippen molar-refractivity contribution in [3.63, 3.8) is 0 Å². The summed E-state index contributed by atoms with van der Waals surface area (Å²) in [5.74, 6) is -0.869. The van der Waals surface area contributed by atoms with Crippen LogP contribution in [-0.2, 0) is 4.79 Å². The van der Waals surface area contributed by atoms with Crippen LogP contribution in [0, 0.1) is 0 Å². The first-order chi connectivity index (χ1) is 14.5. The molecule has 0 aliphatic carbocycles. The molecule has 1 unspecified atom stereocenters. The quantitative estimate of drug-likeness (QED) is 0.688. The van der Waals surface area contributed by atoms with E-state index in [1.807, 2.05) is 30.3 Å². The lowest BCUT2D eigenvalue weighted by atomic mass is 10.2. The SMILES string of the molecule is COc1cc(C(=O)NCC(=O)N2CCC(Nc3ccccc3)C2)ccc1OC(F)F. The molecule has 160 valence electrons. The summed E-state index contributed by atoms with van der Waals surface area (Å²) in [5.41, 5.74) is 1.17. The van der Waals surface area contributed by atoms with Gasteiger partial charge in [0.2, 0.25) is 5.91 Å². The largest absolute Gasteiger partial charge is 0.493 e. The van der Waals surface area contributed by atoms with Crippen LogP contribution in [0.4, 0.5) is 14.5 Å². The Balaban J connectivity index is 1.50. The van der Waals surface area contributed by atoms with Crippen LogP contribution < -0.4 is 20.1 Å². The maximum absolute atomic E-state index is 12.4. The molecule has 2 aromatic rings. The van der Waals surface area contributed by atoms with Gasteiger partial charge < -0.3 is 25.0 Å². The number of likely N-dealkylation sites (tertiary alicyclic amines) is 1. The first-order valence-electron chi connectivity index (χ1n) is 9.46. The molecule has 7 nitrogen and oxygen atoms in total. The van der Waals surface area contributed by atoms with Gasteiger partial charge in [-0.15, -0.1) is 0 Å². The lowest BCUT2D eigenvalue weighted by molar-refractivity contribution is -0.129. The van der Waals surface area contributed by atoms with Gasteiger partial charge in [0.1, 0.15) is 0 Å². The number of nitrogens with one attached hydrogen (secondary N) is 2. The average Bonchev–Trinajstić information content (AvgIpc) is 3.21. The number of methoxy groups -OCH3 is 1. The molecule has 1 saturated heterocycles. The topological polar surface area (TPSA) is 79.9 Å². The maximum atomic E-state index is 12.4. The Morgan fingerprint density at radius 1 is 1.17 bits per heavy atom. The summed E-state index contributed by atoms with van der Waals surface area (Å²) in [7, 11) is 1.28. The smallest absolute Gasteiger partial charge is 0.387 e. The molecule has 9 heteroatoms. The Morgan fingerprint density at radius 2 is 1.93 bits per heavy atom. The Bertz CT molecular complexity index is 880. The zero-order chi connectivity index (χ0) is 21.5. The molecule has 3 rings (SSSR count). The van der Waals surface area contributed by atoms with Gasteiger partial charge in [-0.1, -0.05) is 18.2 Å². The van der Waals surface area contributed by atoms with E-state index in [1.54, 1.807) is 4.90 Å². The minimum absolute atomic E-state index is 0.00338. The summed E-state index contributed by atoms with van der Waals surface area (Å²) < 4.78 is 34.1. The molecule has 2 N–H and O–H groups in total. The van der Waals surface area contributed by atoms with E-state index in [-0.39, 0.29) is 35.6 Å². The molecular formula is C21H23F2N3O4. The maximum Gasteiger partial charge on any atom is 0.387 e. The highest BCUT2D eigenvalue weighted by molar-refractivity contribution is 5.97. The van der Waals surface area contributed by atoms with Crippen molar-refractivity contribution in [1.29, 1.82) is 0 Å². The Morgan fingerprint density at radius 3 is 2.63 bits per heavy atom. The number of carbonyl (C=O) groups is 2. The number of alkyl halides is 2. The normalized spacial score (nSPS) is 15.7. The monoisotopic (exact) mass is 419 g/mol. The molecule has 1 heterocycles. The van der Waals surface area contributed by atoms with E-state index in [9.17, 15) is 18.4 Å². The highest BCUT2D eigenvalue weighted by atomic mass is 19.3. The number of anilines is 1. The van der Waals surface area contributed by atoms with E-state index in [0.717, 1.165) is 12.1 Å². The van der Waals surface area contributed by atoms with Crippen LogP contribution >= 0.6 is 0 Å². The van der Waals surface area contributed by atoms with Gasteiger partial charge in [0.15, 0.2) is 11.5 Å². The summed E-state index contributed by atoms with van der Waals surface area (Å²) in [6.07, 6.45) is 0.817. The van der Waals surface area contributed by atoms with Crippen LogP contribution in [0.1, 0.15) is 16.8 Å². The highest BCUT2D eigenvalue weighted by Crippen LogP contribution is 2.29. The minimum Gasteiger partial charge on any atom is -0.493 e. The van der Waals surface area contributed by atoms with E-state index in [2.05, 4.69) is 15.4 Å². The highest BCUT2D eigenvalue weighted by Gasteiger charge is 2.26. The number of hydrogen-bond donors (Lipinski definition) is 2. The van der Waals surface area contributed by atoms with Crippen LogP contribution in [0.15, 0.2) is 48.5 Å². The molecule has 30 heavy (non-hydrogen) atoms. The van der Waals surface area contributed by atoms with Gasteiger partial charge in [-0.3, -0.25) is 9.59 Å². The van der Waals surface area contributed by atoms with Crippen LogP contribution in [0.5, 0.6) is 11.5 Å². The minimum atomic E-state index is -3.00. The molecule has 0 spiro atoms. The van der Waals surface area contributed by atoms with E-state index >= 15 is 0 Å². The first kappa shape index (κ1) is 21.4. The van der Waals surface area contributed by atoms with E-state index in [1.165, 1.54) is 25.3 Å². The molecule has 0 saturated carbocycles. The van der Waals surface area contributed by atoms with Crippen molar-refractivity contribution in [3.05, 3.63) is 54.1 Å². The lowest BCUT2D eigenvalue weighted by Gasteiger charge is -2.18. The summed E-state index contributed by atoms with van der Waals surface area (Å²) in [4.78, 5) is 26.5. The third-order valence-corrected chi connectivity index (χ3v) is 4.73. The zero-order valence-corrected chi connectivity index (χ0v) is 16.4. The van der Waals surface area contributed by atoms with Crippen LogP contribution in [0.25, 0.3) is 0 Å². The first-order valence-corrected chi connectivity index (χ1v) is 9.46. The van der Waals surface area contributed by atoms with Crippen LogP contribution in [0.3, 0.4) is 0 Å². The van der Waals surface area contributed by atoms with Crippen molar-refractivity contribution in [1.82, 2.24) is 10.2 Å². The predicted molar refractivity (Wildman–Crippen MR) is 107 cm³/mol. The molecule has 1 fully saturated rings. The molecule has 0 aromatic heterocycles. The number of amides is 2. The molecule has 2 amide bonds. The van der Waals surface area contributed by atoms with Crippen molar-refractivity contribution in [2.75, 3.05) is 32.1 Å². The van der Waals surface area contributed by atoms with Crippen molar-refractivity contribution in [2.45, 2.75) is 19.1 Å². The number of rotatable bonds is 8. The Kier molecular flexibility index (Phi) is 7.05. The van der Waals surface area contributed by atoms with Crippen LogP contribution in [0.2, 0.25) is 0 Å². The number of benzene rings is 2. The zero-order valence-electron chi connectivity index (χ0n) is 16.4. The van der Waals surface area contributed by atoms with Gasteiger partial charge in [-0.25, -0.2) is 0 Å². The molecule has 1 aliphatic heterocycles. The fourth-order valence-electron chi connectivity index (χ4n) is 3.25. The van der Waals surface area contributed by atoms with Crippen molar-refractivity contribution >= 4 is 17.5 Å². The Labute approximate surface area is 173 Å². The lowest BCUT2D eigenvalue weighted by Crippen LogP contribution is -2.40. The molecule has 2 aromatic carbocycles. The van der Waals surface area contributed by atoms with Gasteiger partial charge in [-0.2, -0.15) is 8.78 Å². The van der Waals surface area contributed by atoms with Crippen LogP contribution in [-0.4, -0.2) is 56.1 Å². The number of ether oxygens (including phenoxy) is 2. The second kappa shape index (κ2) is 9.91. The fourth-order valence-corrected chi connectivity index (χ4v) is 3.25. The summed E-state index contributed by atoms with van der Waals surface area (Å²) in [6, 6.07) is 13.7. The second-order valence-electron chi connectivity index (χ2n) is 6.76. The van der Waals surface area contributed by atoms with Crippen molar-refractivity contribution in [3.8, 4) is 11.5 Å². The summed E-state index contributed by atoms with van der Waals surface area (Å²) in [6.45, 7) is -2.00. The molecule has 1 atom stereocenters. The van der Waals surface area contributed by atoms with Gasteiger partial charge in [0.25, 0.3) is 5.91 Å². The van der Waals surface area contributed by atoms with Gasteiger partial charge in [0.05, 0.1) is 13.7 Å². The van der Waals surface area contributed by atoms with Gasteiger partial charge in [-0.05, 0) is 36.8 Å². The summed E-state index contributed by atoms with van der Waals surface area (Å²) in [5, 5.41) is 5.94. The fraction of sp³-hybridized carbons (Fsp3) is 0.333. The number of nitrogens with zero attached hydrogens (tertiary/aromatic N) is 1. The van der Waals surface area contributed by atoms with Gasteiger partial charge >= 0.3 is 6.61 Å². The molecular weight excluding hydrogens is 396 g/mol. The van der Waals surface area contributed by atoms with Crippen molar-refractivity contribution < 1.29 is 27.8 Å². The Hall–Kier alpha value is -3.36. The number of para-hydroxylation sites is 1. The number of halogens is 2. The molecule has 1 aliphatic rings. The van der Waals surface area contributed by atoms with E-state index < -0.39 is 12.5 Å². The average molecular weight is 419 g/mol. The molecule has 0 bridgehead atoms. The number of carbonyl (C=O) groups excluding carboxylic acids is 2. The predicted octanol–water partition coefficient (Wildman–Crippen LogP) is 2.74.